The fourth-order valence-electron chi connectivity index (χ4n) is 2.57. The van der Waals surface area contributed by atoms with Crippen LogP contribution >= 0.6 is 0 Å². The van der Waals surface area contributed by atoms with Crippen molar-refractivity contribution in [1.82, 2.24) is 5.32 Å². The van der Waals surface area contributed by atoms with E-state index in [0.717, 1.165) is 11.3 Å². The van der Waals surface area contributed by atoms with E-state index in [0.29, 0.717) is 24.4 Å². The second-order valence-electron chi connectivity index (χ2n) is 5.90. The highest BCUT2D eigenvalue weighted by Gasteiger charge is 2.14. The summed E-state index contributed by atoms with van der Waals surface area (Å²) >= 11 is 0. The lowest BCUT2D eigenvalue weighted by Gasteiger charge is -2.22. The van der Waals surface area contributed by atoms with Gasteiger partial charge < -0.3 is 15.0 Å². The largest absolute Gasteiger partial charge is 0.496 e. The molecule has 1 N–H and O–H groups in total. The summed E-state index contributed by atoms with van der Waals surface area (Å²) in [6.45, 7) is 6.32. The van der Waals surface area contributed by atoms with E-state index in [1.165, 1.54) is 19.6 Å². The molecule has 0 aliphatic carbocycles. The molecule has 0 aliphatic rings. The van der Waals surface area contributed by atoms with Crippen molar-refractivity contribution in [3.05, 3.63) is 59.2 Å². The van der Waals surface area contributed by atoms with Gasteiger partial charge in [0.2, 0.25) is 5.91 Å². The number of hydrogen-bond donors (Lipinski definition) is 1. The third kappa shape index (κ3) is 4.59. The van der Waals surface area contributed by atoms with E-state index in [1.54, 1.807) is 23.1 Å². The average molecular weight is 340 g/mol. The zero-order chi connectivity index (χ0) is 18.4. The van der Waals surface area contributed by atoms with Crippen molar-refractivity contribution in [1.29, 1.82) is 0 Å². The van der Waals surface area contributed by atoms with Gasteiger partial charge in [0.15, 0.2) is 0 Å². The average Bonchev–Trinajstić information content (AvgIpc) is 2.60. The van der Waals surface area contributed by atoms with Crippen molar-refractivity contribution in [2.75, 3.05) is 25.1 Å². The molecule has 132 valence electrons. The molecule has 0 atom stereocenters. The lowest BCUT2D eigenvalue weighted by molar-refractivity contribution is -0.116. The van der Waals surface area contributed by atoms with Crippen molar-refractivity contribution in [2.45, 2.75) is 20.8 Å². The predicted octanol–water partition coefficient (Wildman–Crippen LogP) is 3.09. The van der Waals surface area contributed by atoms with E-state index in [4.69, 9.17) is 4.74 Å². The van der Waals surface area contributed by atoms with Crippen LogP contribution in [0.1, 0.15) is 28.4 Å². The SMILES string of the molecule is COc1ccccc1C(=O)NCCN(C(C)=O)c1ccc(C)c(C)c1. The lowest BCUT2D eigenvalue weighted by atomic mass is 10.1. The number of nitrogens with one attached hydrogen (secondary N) is 1. The van der Waals surface area contributed by atoms with Crippen LogP contribution in [0.4, 0.5) is 5.69 Å². The Hall–Kier alpha value is -2.82. The molecule has 2 amide bonds. The number of amides is 2. The predicted molar refractivity (Wildman–Crippen MR) is 99.3 cm³/mol. The van der Waals surface area contributed by atoms with Gasteiger partial charge >= 0.3 is 0 Å². The Morgan fingerprint density at radius 2 is 1.80 bits per heavy atom. The number of aryl methyl sites for hydroxylation is 2. The molecule has 0 spiro atoms. The van der Waals surface area contributed by atoms with Gasteiger partial charge in [-0.05, 0) is 49.2 Å². The van der Waals surface area contributed by atoms with Crippen LogP contribution in [0.15, 0.2) is 42.5 Å². The first-order valence-corrected chi connectivity index (χ1v) is 8.20. The number of carbonyl (C=O) groups excluding carboxylic acids is 2. The third-order valence-corrected chi connectivity index (χ3v) is 4.15. The minimum atomic E-state index is -0.221. The summed E-state index contributed by atoms with van der Waals surface area (Å²) in [5, 5.41) is 2.84. The summed E-state index contributed by atoms with van der Waals surface area (Å²) in [5.74, 6) is 0.244. The third-order valence-electron chi connectivity index (χ3n) is 4.15. The Balaban J connectivity index is 2.03. The van der Waals surface area contributed by atoms with Crippen LogP contribution in [-0.4, -0.2) is 32.0 Å². The molecule has 2 aromatic carbocycles. The Labute approximate surface area is 148 Å². The molecule has 0 fully saturated rings. The van der Waals surface area contributed by atoms with E-state index in [9.17, 15) is 9.59 Å². The standard InChI is InChI=1S/C20H24N2O3/c1-14-9-10-17(13-15(14)2)22(16(3)23)12-11-21-20(24)18-7-5-6-8-19(18)25-4/h5-10,13H,11-12H2,1-4H3,(H,21,24). The molecular weight excluding hydrogens is 316 g/mol. The minimum Gasteiger partial charge on any atom is -0.496 e. The number of anilines is 1. The van der Waals surface area contributed by atoms with Gasteiger partial charge in [0.05, 0.1) is 12.7 Å². The molecule has 0 bridgehead atoms. The first kappa shape index (κ1) is 18.5. The summed E-state index contributed by atoms with van der Waals surface area (Å²) in [5.41, 5.74) is 3.62. The van der Waals surface area contributed by atoms with Gasteiger partial charge in [0.25, 0.3) is 5.91 Å². The maximum absolute atomic E-state index is 12.3. The normalized spacial score (nSPS) is 10.2. The lowest BCUT2D eigenvalue weighted by Crippen LogP contribution is -2.37. The van der Waals surface area contributed by atoms with E-state index < -0.39 is 0 Å². The van der Waals surface area contributed by atoms with Crippen LogP contribution in [0, 0.1) is 13.8 Å². The monoisotopic (exact) mass is 340 g/mol. The zero-order valence-corrected chi connectivity index (χ0v) is 15.1. The summed E-state index contributed by atoms with van der Waals surface area (Å²) in [6, 6.07) is 13.0. The summed E-state index contributed by atoms with van der Waals surface area (Å²) in [6.07, 6.45) is 0. The number of benzene rings is 2. The van der Waals surface area contributed by atoms with E-state index in [1.807, 2.05) is 38.1 Å². The highest BCUT2D eigenvalue weighted by atomic mass is 16.5. The molecule has 5 nitrogen and oxygen atoms in total. The maximum Gasteiger partial charge on any atom is 0.255 e. The number of carbonyl (C=O) groups is 2. The summed E-state index contributed by atoms with van der Waals surface area (Å²) < 4.78 is 5.20. The first-order chi connectivity index (χ1) is 11.9. The van der Waals surface area contributed by atoms with Gasteiger partial charge in [0, 0.05) is 25.7 Å². The maximum atomic E-state index is 12.3. The Kier molecular flexibility index (Phi) is 6.17. The number of rotatable bonds is 6. The van der Waals surface area contributed by atoms with Gasteiger partial charge in [-0.3, -0.25) is 9.59 Å². The summed E-state index contributed by atoms with van der Waals surface area (Å²) in [4.78, 5) is 26.0. The first-order valence-electron chi connectivity index (χ1n) is 8.20. The van der Waals surface area contributed by atoms with Crippen molar-refractivity contribution in [2.24, 2.45) is 0 Å². The number of para-hydroxylation sites is 1. The minimum absolute atomic E-state index is 0.0604. The Morgan fingerprint density at radius 1 is 1.08 bits per heavy atom. The van der Waals surface area contributed by atoms with E-state index in [-0.39, 0.29) is 11.8 Å². The molecule has 0 aromatic heterocycles. The highest BCUT2D eigenvalue weighted by Crippen LogP contribution is 2.19. The quantitative estimate of drug-likeness (QED) is 0.879. The highest BCUT2D eigenvalue weighted by molar-refractivity contribution is 5.97. The molecular formula is C20H24N2O3. The molecule has 0 saturated heterocycles. The number of methoxy groups -OCH3 is 1. The number of ether oxygens (including phenoxy) is 1. The number of nitrogens with zero attached hydrogens (tertiary/aromatic N) is 1. The molecule has 0 aliphatic heterocycles. The van der Waals surface area contributed by atoms with E-state index >= 15 is 0 Å². The van der Waals surface area contributed by atoms with Crippen LogP contribution in [-0.2, 0) is 4.79 Å². The smallest absolute Gasteiger partial charge is 0.255 e. The van der Waals surface area contributed by atoms with E-state index in [2.05, 4.69) is 5.32 Å². The van der Waals surface area contributed by atoms with Gasteiger partial charge in [-0.25, -0.2) is 0 Å². The molecule has 2 aromatic rings. The Morgan fingerprint density at radius 3 is 2.44 bits per heavy atom. The second-order valence-corrected chi connectivity index (χ2v) is 5.90. The number of hydrogen-bond acceptors (Lipinski definition) is 3. The van der Waals surface area contributed by atoms with Gasteiger partial charge in [0.1, 0.15) is 5.75 Å². The molecule has 5 heteroatoms. The molecule has 2 rings (SSSR count). The van der Waals surface area contributed by atoms with Crippen LogP contribution in [0.2, 0.25) is 0 Å². The van der Waals surface area contributed by atoms with Crippen LogP contribution in [0.5, 0.6) is 5.75 Å². The van der Waals surface area contributed by atoms with Crippen molar-refractivity contribution >= 4 is 17.5 Å². The van der Waals surface area contributed by atoms with Crippen molar-refractivity contribution in [3.8, 4) is 5.75 Å². The topological polar surface area (TPSA) is 58.6 Å². The molecule has 0 heterocycles. The van der Waals surface area contributed by atoms with Crippen molar-refractivity contribution < 1.29 is 14.3 Å². The second kappa shape index (κ2) is 8.33. The van der Waals surface area contributed by atoms with Gasteiger partial charge in [-0.1, -0.05) is 18.2 Å². The van der Waals surface area contributed by atoms with Crippen LogP contribution in [0.25, 0.3) is 0 Å². The fraction of sp³-hybridized carbons (Fsp3) is 0.300. The molecule has 25 heavy (non-hydrogen) atoms. The van der Waals surface area contributed by atoms with Crippen molar-refractivity contribution in [3.63, 3.8) is 0 Å². The molecule has 0 radical (unpaired) electrons. The summed E-state index contributed by atoms with van der Waals surface area (Å²) in [7, 11) is 1.53. The van der Waals surface area contributed by atoms with Gasteiger partial charge in [-0.2, -0.15) is 0 Å². The van der Waals surface area contributed by atoms with Crippen LogP contribution in [0.3, 0.4) is 0 Å². The fourth-order valence-corrected chi connectivity index (χ4v) is 2.57. The Bertz CT molecular complexity index is 771. The van der Waals surface area contributed by atoms with Crippen LogP contribution < -0.4 is 15.0 Å². The molecule has 0 unspecified atom stereocenters. The van der Waals surface area contributed by atoms with Gasteiger partial charge in [-0.15, -0.1) is 0 Å². The zero-order valence-electron chi connectivity index (χ0n) is 15.1. The molecule has 0 saturated carbocycles.